The van der Waals surface area contributed by atoms with Gasteiger partial charge in [-0.3, -0.25) is 0 Å². The molecule has 4 rings (SSSR count). The summed E-state index contributed by atoms with van der Waals surface area (Å²) < 4.78 is 27.1. The van der Waals surface area contributed by atoms with Crippen molar-refractivity contribution < 1.29 is 8.42 Å². The fourth-order valence-corrected chi connectivity index (χ4v) is 4.29. The molecular formula is C22H20ClN5O2S. The van der Waals surface area contributed by atoms with Crippen molar-refractivity contribution in [2.75, 3.05) is 0 Å². The molecule has 1 aromatic heterocycles. The molecule has 0 aliphatic heterocycles. The van der Waals surface area contributed by atoms with Crippen LogP contribution in [0.2, 0.25) is 5.02 Å². The molecule has 0 aliphatic carbocycles. The molecule has 7 nitrogen and oxygen atoms in total. The van der Waals surface area contributed by atoms with Crippen LogP contribution in [0.15, 0.2) is 88.9 Å². The fourth-order valence-electron chi connectivity index (χ4n) is 3.30. The smallest absolute Gasteiger partial charge is 0.231 e. The summed E-state index contributed by atoms with van der Waals surface area (Å²) in [5.74, 6) is 0. The van der Waals surface area contributed by atoms with Gasteiger partial charge in [-0.2, -0.15) is 13.5 Å². The van der Waals surface area contributed by atoms with E-state index in [-0.39, 0.29) is 4.90 Å². The maximum absolute atomic E-state index is 12.7. The lowest BCUT2D eigenvalue weighted by Gasteiger charge is -2.20. The highest BCUT2D eigenvalue weighted by atomic mass is 35.5. The van der Waals surface area contributed by atoms with Crippen LogP contribution in [-0.4, -0.2) is 29.1 Å². The molecule has 0 fully saturated rings. The second-order valence-electron chi connectivity index (χ2n) is 6.84. The maximum Gasteiger partial charge on any atom is 0.276 e. The molecule has 1 unspecified atom stereocenters. The summed E-state index contributed by atoms with van der Waals surface area (Å²) in [6, 6.07) is 22.6. The van der Waals surface area contributed by atoms with Crippen molar-refractivity contribution in [3.63, 3.8) is 0 Å². The van der Waals surface area contributed by atoms with Gasteiger partial charge in [-0.1, -0.05) is 66.2 Å². The molecule has 0 aliphatic rings. The summed E-state index contributed by atoms with van der Waals surface area (Å²) in [5, 5.41) is 13.5. The van der Waals surface area contributed by atoms with Crippen molar-refractivity contribution in [3.8, 4) is 0 Å². The van der Waals surface area contributed by atoms with Crippen molar-refractivity contribution in [2.45, 2.75) is 24.3 Å². The summed E-state index contributed by atoms with van der Waals surface area (Å²) in [7, 11) is -3.80. The van der Waals surface area contributed by atoms with Crippen LogP contribution < -0.4 is 4.83 Å². The van der Waals surface area contributed by atoms with Gasteiger partial charge in [-0.05, 0) is 48.4 Å². The summed E-state index contributed by atoms with van der Waals surface area (Å²) in [5.41, 5.74) is 2.99. The van der Waals surface area contributed by atoms with Gasteiger partial charge in [0, 0.05) is 5.02 Å². The van der Waals surface area contributed by atoms with E-state index in [0.717, 1.165) is 16.6 Å². The van der Waals surface area contributed by atoms with E-state index in [0.29, 0.717) is 17.2 Å². The van der Waals surface area contributed by atoms with Crippen LogP contribution >= 0.6 is 11.6 Å². The van der Waals surface area contributed by atoms with Gasteiger partial charge < -0.3 is 0 Å². The standard InChI is InChI=1S/C22H20ClN5O2S/c1-2-19(25-27-31(29,30)18-8-4-3-5-9-18)22(16-12-14-17(23)15-13-16)28-21-11-7-6-10-20(21)24-26-28/h3-15,22,27H,2H2,1H3/b25-19+. The Kier molecular flexibility index (Phi) is 6.01. The first-order valence-electron chi connectivity index (χ1n) is 9.68. The van der Waals surface area contributed by atoms with Gasteiger partial charge in [0.1, 0.15) is 11.6 Å². The Hall–Kier alpha value is -3.23. The average molecular weight is 454 g/mol. The molecule has 4 aromatic rings. The Morgan fingerprint density at radius 2 is 1.71 bits per heavy atom. The highest BCUT2D eigenvalue weighted by Crippen LogP contribution is 2.26. The summed E-state index contributed by atoms with van der Waals surface area (Å²) in [6.07, 6.45) is 0.485. The lowest BCUT2D eigenvalue weighted by molar-refractivity contribution is 0.581. The fraction of sp³-hybridized carbons (Fsp3) is 0.136. The number of para-hydroxylation sites is 1. The number of halogens is 1. The molecule has 158 valence electrons. The van der Waals surface area contributed by atoms with Crippen molar-refractivity contribution in [3.05, 3.63) is 89.4 Å². The second kappa shape index (κ2) is 8.87. The topological polar surface area (TPSA) is 89.2 Å². The van der Waals surface area contributed by atoms with Crippen LogP contribution in [0, 0.1) is 0 Å². The Balaban J connectivity index is 1.80. The zero-order valence-electron chi connectivity index (χ0n) is 16.7. The minimum absolute atomic E-state index is 0.142. The molecular weight excluding hydrogens is 434 g/mol. The van der Waals surface area contributed by atoms with Gasteiger partial charge in [0.25, 0.3) is 10.0 Å². The number of fused-ring (bicyclic) bond motifs is 1. The highest BCUT2D eigenvalue weighted by Gasteiger charge is 2.24. The zero-order chi connectivity index (χ0) is 21.8. The predicted octanol–water partition coefficient (Wildman–Crippen LogP) is 4.42. The van der Waals surface area contributed by atoms with Crippen molar-refractivity contribution >= 4 is 38.4 Å². The predicted molar refractivity (Wildman–Crippen MR) is 122 cm³/mol. The number of nitrogens with one attached hydrogen (secondary N) is 1. The molecule has 1 atom stereocenters. The van der Waals surface area contributed by atoms with E-state index in [4.69, 9.17) is 11.6 Å². The third-order valence-electron chi connectivity index (χ3n) is 4.85. The number of nitrogens with zero attached hydrogens (tertiary/aromatic N) is 4. The molecule has 0 spiro atoms. The molecule has 0 amide bonds. The lowest BCUT2D eigenvalue weighted by atomic mass is 10.0. The first-order valence-corrected chi connectivity index (χ1v) is 11.5. The quantitative estimate of drug-likeness (QED) is 0.331. The van der Waals surface area contributed by atoms with Crippen LogP contribution in [0.1, 0.15) is 24.9 Å². The van der Waals surface area contributed by atoms with E-state index in [2.05, 4.69) is 20.2 Å². The number of hydrazone groups is 1. The van der Waals surface area contributed by atoms with Gasteiger partial charge in [-0.15, -0.1) is 5.10 Å². The molecule has 0 bridgehead atoms. The minimum atomic E-state index is -3.80. The lowest BCUT2D eigenvalue weighted by Crippen LogP contribution is -2.26. The Labute approximate surface area is 185 Å². The number of benzene rings is 3. The van der Waals surface area contributed by atoms with Crippen LogP contribution in [0.25, 0.3) is 11.0 Å². The van der Waals surface area contributed by atoms with E-state index in [9.17, 15) is 8.42 Å². The molecule has 3 aromatic carbocycles. The normalized spacial score (nSPS) is 13.3. The van der Waals surface area contributed by atoms with Crippen LogP contribution in [0.5, 0.6) is 0 Å². The van der Waals surface area contributed by atoms with E-state index in [1.165, 1.54) is 12.1 Å². The Bertz CT molecular complexity index is 1320. The second-order valence-corrected chi connectivity index (χ2v) is 8.94. The Morgan fingerprint density at radius 1 is 1.03 bits per heavy atom. The van der Waals surface area contributed by atoms with Crippen LogP contribution in [-0.2, 0) is 10.0 Å². The molecule has 0 saturated carbocycles. The van der Waals surface area contributed by atoms with Crippen molar-refractivity contribution in [1.82, 2.24) is 19.8 Å². The molecule has 0 radical (unpaired) electrons. The van der Waals surface area contributed by atoms with Gasteiger partial charge in [0.05, 0.1) is 16.1 Å². The minimum Gasteiger partial charge on any atom is -0.231 e. The molecule has 1 heterocycles. The monoisotopic (exact) mass is 453 g/mol. The Morgan fingerprint density at radius 3 is 2.42 bits per heavy atom. The summed E-state index contributed by atoms with van der Waals surface area (Å²) >= 11 is 6.08. The number of aromatic nitrogens is 3. The van der Waals surface area contributed by atoms with Crippen LogP contribution in [0.4, 0.5) is 0 Å². The number of hydrogen-bond acceptors (Lipinski definition) is 5. The first kappa shape index (κ1) is 21.0. The molecule has 0 saturated heterocycles. The van der Waals surface area contributed by atoms with Gasteiger partial charge in [0.2, 0.25) is 0 Å². The van der Waals surface area contributed by atoms with E-state index >= 15 is 0 Å². The van der Waals surface area contributed by atoms with E-state index < -0.39 is 16.1 Å². The van der Waals surface area contributed by atoms with Gasteiger partial charge in [-0.25, -0.2) is 9.51 Å². The van der Waals surface area contributed by atoms with E-state index in [1.54, 1.807) is 35.0 Å². The van der Waals surface area contributed by atoms with Crippen molar-refractivity contribution in [1.29, 1.82) is 0 Å². The highest BCUT2D eigenvalue weighted by molar-refractivity contribution is 7.89. The summed E-state index contributed by atoms with van der Waals surface area (Å²) in [4.78, 5) is 2.51. The SMILES string of the molecule is CC/C(=N\NS(=O)(=O)c1ccccc1)C(c1ccc(Cl)cc1)n1nnc2ccccc21. The maximum atomic E-state index is 12.7. The number of rotatable bonds is 7. The van der Waals surface area contributed by atoms with E-state index in [1.807, 2.05) is 43.3 Å². The molecule has 31 heavy (non-hydrogen) atoms. The third-order valence-corrected chi connectivity index (χ3v) is 6.32. The van der Waals surface area contributed by atoms with Crippen LogP contribution in [0.3, 0.4) is 0 Å². The number of hydrogen-bond donors (Lipinski definition) is 1. The van der Waals surface area contributed by atoms with Gasteiger partial charge in [0.15, 0.2) is 0 Å². The summed E-state index contributed by atoms with van der Waals surface area (Å²) in [6.45, 7) is 1.91. The average Bonchev–Trinajstić information content (AvgIpc) is 3.22. The van der Waals surface area contributed by atoms with Crippen molar-refractivity contribution in [2.24, 2.45) is 5.10 Å². The molecule has 9 heteroatoms. The molecule has 1 N–H and O–H groups in total. The van der Waals surface area contributed by atoms with Gasteiger partial charge >= 0.3 is 0 Å². The first-order chi connectivity index (χ1) is 15.0. The largest absolute Gasteiger partial charge is 0.276 e. The number of sulfonamides is 1. The zero-order valence-corrected chi connectivity index (χ0v) is 18.3. The third kappa shape index (κ3) is 4.45.